The van der Waals surface area contributed by atoms with Gasteiger partial charge in [-0.3, -0.25) is 9.59 Å². The van der Waals surface area contributed by atoms with Crippen molar-refractivity contribution in [3.8, 4) is 0 Å². The average molecular weight is 226 g/mol. The van der Waals surface area contributed by atoms with Crippen molar-refractivity contribution < 1.29 is 19.2 Å². The predicted molar refractivity (Wildman–Crippen MR) is 55.2 cm³/mol. The first-order chi connectivity index (χ1) is 7.41. The van der Waals surface area contributed by atoms with E-state index in [0.717, 1.165) is 0 Å². The maximum Gasteiger partial charge on any atom is 0.325 e. The number of carbonyl (C=O) groups excluding carboxylic acids is 1. The molecule has 1 aromatic rings. The summed E-state index contributed by atoms with van der Waals surface area (Å²) >= 11 is 0. The summed E-state index contributed by atoms with van der Waals surface area (Å²) in [4.78, 5) is 22.0. The first-order valence-corrected chi connectivity index (χ1v) is 4.92. The molecule has 0 radical (unpaired) electrons. The van der Waals surface area contributed by atoms with Gasteiger partial charge in [-0.05, 0) is 6.92 Å². The number of hydrogen-bond donors (Lipinski definition) is 2. The fourth-order valence-corrected chi connectivity index (χ4v) is 1.00. The van der Waals surface area contributed by atoms with Gasteiger partial charge in [0.2, 0.25) is 0 Å². The van der Waals surface area contributed by atoms with E-state index in [1.54, 1.807) is 0 Å². The van der Waals surface area contributed by atoms with Crippen molar-refractivity contribution in [3.63, 3.8) is 0 Å². The topological polar surface area (TPSA) is 92.4 Å². The third-order valence-corrected chi connectivity index (χ3v) is 2.05. The van der Waals surface area contributed by atoms with Crippen LogP contribution in [0.2, 0.25) is 0 Å². The number of aromatic nitrogens is 1. The Morgan fingerprint density at radius 1 is 1.44 bits per heavy atom. The standard InChI is InChI=1S/C10H14N2O4/c1-5(2)8-4-7(12-16-8)9(13)11-6(3)10(14)15/h4-6H,1-3H3,(H,11,13)(H,14,15)/t6-/m0/s1. The minimum Gasteiger partial charge on any atom is -0.480 e. The molecule has 0 saturated carbocycles. The van der Waals surface area contributed by atoms with Gasteiger partial charge in [0.25, 0.3) is 5.91 Å². The average Bonchev–Trinajstić information content (AvgIpc) is 2.65. The molecule has 1 amide bonds. The van der Waals surface area contributed by atoms with Gasteiger partial charge < -0.3 is 14.9 Å². The van der Waals surface area contributed by atoms with E-state index < -0.39 is 17.9 Å². The van der Waals surface area contributed by atoms with Crippen molar-refractivity contribution in [1.82, 2.24) is 10.5 Å². The Balaban J connectivity index is 2.70. The highest BCUT2D eigenvalue weighted by atomic mass is 16.5. The molecule has 1 aromatic heterocycles. The van der Waals surface area contributed by atoms with Crippen LogP contribution in [-0.2, 0) is 4.79 Å². The lowest BCUT2D eigenvalue weighted by Gasteiger charge is -2.06. The molecule has 1 atom stereocenters. The second-order valence-corrected chi connectivity index (χ2v) is 3.80. The number of carboxylic acid groups (broad SMARTS) is 1. The van der Waals surface area contributed by atoms with Gasteiger partial charge in [-0.25, -0.2) is 0 Å². The van der Waals surface area contributed by atoms with E-state index in [1.807, 2.05) is 13.8 Å². The van der Waals surface area contributed by atoms with Crippen LogP contribution in [0.25, 0.3) is 0 Å². The first kappa shape index (κ1) is 12.2. The highest BCUT2D eigenvalue weighted by Gasteiger charge is 2.19. The van der Waals surface area contributed by atoms with E-state index in [0.29, 0.717) is 5.76 Å². The number of nitrogens with zero attached hydrogens (tertiary/aromatic N) is 1. The number of carbonyl (C=O) groups is 2. The Morgan fingerprint density at radius 3 is 2.50 bits per heavy atom. The van der Waals surface area contributed by atoms with E-state index in [-0.39, 0.29) is 11.6 Å². The highest BCUT2D eigenvalue weighted by Crippen LogP contribution is 2.14. The molecule has 6 heteroatoms. The molecule has 0 aliphatic rings. The number of hydrogen-bond acceptors (Lipinski definition) is 4. The zero-order chi connectivity index (χ0) is 12.3. The summed E-state index contributed by atoms with van der Waals surface area (Å²) in [5.41, 5.74) is 0.0943. The normalized spacial score (nSPS) is 12.5. The lowest BCUT2D eigenvalue weighted by atomic mass is 10.1. The van der Waals surface area contributed by atoms with Crippen molar-refractivity contribution in [1.29, 1.82) is 0 Å². The van der Waals surface area contributed by atoms with Crippen LogP contribution in [0.1, 0.15) is 42.9 Å². The fourth-order valence-electron chi connectivity index (χ4n) is 1.00. The zero-order valence-corrected chi connectivity index (χ0v) is 9.35. The van der Waals surface area contributed by atoms with Crippen LogP contribution in [0.15, 0.2) is 10.6 Å². The number of amides is 1. The molecule has 0 bridgehead atoms. The van der Waals surface area contributed by atoms with Gasteiger partial charge in [0.05, 0.1) is 0 Å². The minimum absolute atomic E-state index is 0.0943. The molecule has 0 aliphatic carbocycles. The zero-order valence-electron chi connectivity index (χ0n) is 9.35. The first-order valence-electron chi connectivity index (χ1n) is 4.92. The van der Waals surface area contributed by atoms with Crippen LogP contribution >= 0.6 is 0 Å². The third kappa shape index (κ3) is 2.82. The van der Waals surface area contributed by atoms with E-state index in [2.05, 4.69) is 10.5 Å². The maximum atomic E-state index is 11.5. The summed E-state index contributed by atoms with van der Waals surface area (Å²) in [6, 6.07) is 0.556. The van der Waals surface area contributed by atoms with E-state index >= 15 is 0 Å². The summed E-state index contributed by atoms with van der Waals surface area (Å²) in [5, 5.41) is 14.5. The van der Waals surface area contributed by atoms with Crippen LogP contribution < -0.4 is 5.32 Å². The molecule has 0 spiro atoms. The Labute approximate surface area is 92.6 Å². The molecule has 6 nitrogen and oxygen atoms in total. The molecule has 16 heavy (non-hydrogen) atoms. The molecule has 0 fully saturated rings. The van der Waals surface area contributed by atoms with Crippen molar-refractivity contribution in [2.75, 3.05) is 0 Å². The van der Waals surface area contributed by atoms with Gasteiger partial charge in [0, 0.05) is 12.0 Å². The van der Waals surface area contributed by atoms with Gasteiger partial charge in [0.1, 0.15) is 11.8 Å². The van der Waals surface area contributed by atoms with Crippen LogP contribution in [0.5, 0.6) is 0 Å². The second kappa shape index (κ2) is 4.78. The summed E-state index contributed by atoms with van der Waals surface area (Å²) < 4.78 is 4.93. The van der Waals surface area contributed by atoms with Crippen molar-refractivity contribution in [2.24, 2.45) is 0 Å². The third-order valence-electron chi connectivity index (χ3n) is 2.05. The molecule has 2 N–H and O–H groups in total. The van der Waals surface area contributed by atoms with E-state index in [4.69, 9.17) is 9.63 Å². The Kier molecular flexibility index (Phi) is 3.65. The second-order valence-electron chi connectivity index (χ2n) is 3.80. The lowest BCUT2D eigenvalue weighted by Crippen LogP contribution is -2.38. The molecule has 1 rings (SSSR count). The van der Waals surface area contributed by atoms with Gasteiger partial charge >= 0.3 is 5.97 Å². The van der Waals surface area contributed by atoms with Crippen molar-refractivity contribution in [2.45, 2.75) is 32.7 Å². The van der Waals surface area contributed by atoms with Crippen LogP contribution in [0.3, 0.4) is 0 Å². The molecule has 88 valence electrons. The fraction of sp³-hybridized carbons (Fsp3) is 0.500. The Morgan fingerprint density at radius 2 is 2.06 bits per heavy atom. The number of rotatable bonds is 4. The van der Waals surface area contributed by atoms with E-state index in [9.17, 15) is 9.59 Å². The van der Waals surface area contributed by atoms with Crippen molar-refractivity contribution >= 4 is 11.9 Å². The van der Waals surface area contributed by atoms with Gasteiger partial charge in [-0.15, -0.1) is 0 Å². The van der Waals surface area contributed by atoms with Gasteiger partial charge in [0.15, 0.2) is 5.69 Å². The highest BCUT2D eigenvalue weighted by molar-refractivity contribution is 5.94. The van der Waals surface area contributed by atoms with Crippen LogP contribution in [0, 0.1) is 0 Å². The summed E-state index contributed by atoms with van der Waals surface area (Å²) in [7, 11) is 0. The summed E-state index contributed by atoms with van der Waals surface area (Å²) in [6.45, 7) is 5.19. The van der Waals surface area contributed by atoms with E-state index in [1.165, 1.54) is 13.0 Å². The van der Waals surface area contributed by atoms with Crippen LogP contribution in [0.4, 0.5) is 0 Å². The van der Waals surface area contributed by atoms with Gasteiger partial charge in [-0.1, -0.05) is 19.0 Å². The summed E-state index contributed by atoms with van der Waals surface area (Å²) in [5.74, 6) is -0.925. The number of aliphatic carboxylic acids is 1. The molecule has 0 aliphatic heterocycles. The largest absolute Gasteiger partial charge is 0.480 e. The Hall–Kier alpha value is -1.85. The molecular formula is C10H14N2O4. The molecule has 1 heterocycles. The number of nitrogens with one attached hydrogen (secondary N) is 1. The SMILES string of the molecule is CC(C)c1cc(C(=O)N[C@@H](C)C(=O)O)no1. The Bertz CT molecular complexity index is 397. The quantitative estimate of drug-likeness (QED) is 0.799. The maximum absolute atomic E-state index is 11.5. The smallest absolute Gasteiger partial charge is 0.325 e. The molecule has 0 unspecified atom stereocenters. The predicted octanol–water partition coefficient (Wildman–Crippen LogP) is 1.00. The van der Waals surface area contributed by atoms with Crippen LogP contribution in [-0.4, -0.2) is 28.2 Å². The monoisotopic (exact) mass is 226 g/mol. The molecular weight excluding hydrogens is 212 g/mol. The summed E-state index contributed by atoms with van der Waals surface area (Å²) in [6.07, 6.45) is 0. The number of carboxylic acids is 1. The lowest BCUT2D eigenvalue weighted by molar-refractivity contribution is -0.138. The van der Waals surface area contributed by atoms with Gasteiger partial charge in [-0.2, -0.15) is 0 Å². The van der Waals surface area contributed by atoms with Crippen molar-refractivity contribution in [3.05, 3.63) is 17.5 Å². The molecule has 0 aromatic carbocycles. The minimum atomic E-state index is -1.10. The molecule has 0 saturated heterocycles.